The third kappa shape index (κ3) is 3.09. The fourth-order valence-corrected chi connectivity index (χ4v) is 3.37. The highest BCUT2D eigenvalue weighted by atomic mass is 32.2. The van der Waals surface area contributed by atoms with Gasteiger partial charge in [0, 0.05) is 5.69 Å². The van der Waals surface area contributed by atoms with Crippen molar-refractivity contribution in [1.29, 1.82) is 0 Å². The molecule has 1 heterocycles. The van der Waals surface area contributed by atoms with Crippen LogP contribution in [0.1, 0.15) is 16.2 Å². The second-order valence-corrected chi connectivity index (χ2v) is 6.86. The van der Waals surface area contributed by atoms with E-state index in [1.807, 2.05) is 0 Å². The summed E-state index contributed by atoms with van der Waals surface area (Å²) in [5.74, 6) is 0.232. The van der Waals surface area contributed by atoms with Gasteiger partial charge in [0.05, 0.1) is 28.6 Å². The quantitative estimate of drug-likeness (QED) is 0.707. The lowest BCUT2D eigenvalue weighted by Crippen LogP contribution is -2.13. The number of hydrogen-bond acceptors (Lipinski definition) is 5. The maximum Gasteiger partial charge on any atom is 0.337 e. The maximum atomic E-state index is 12.5. The van der Waals surface area contributed by atoms with Crippen molar-refractivity contribution < 1.29 is 17.9 Å². The van der Waals surface area contributed by atoms with Gasteiger partial charge in [-0.1, -0.05) is 0 Å². The number of rotatable bonds is 4. The van der Waals surface area contributed by atoms with Crippen LogP contribution >= 0.6 is 0 Å². The molecule has 8 heteroatoms. The average Bonchev–Trinajstić information content (AvgIpc) is 2.93. The number of aromatic amines is 1. The van der Waals surface area contributed by atoms with Crippen LogP contribution in [0.4, 0.5) is 5.69 Å². The number of nitrogens with zero attached hydrogens (tertiary/aromatic N) is 1. The molecule has 0 aliphatic heterocycles. The number of fused-ring (bicyclic) bond motifs is 1. The number of methoxy groups -OCH3 is 1. The van der Waals surface area contributed by atoms with E-state index in [0.717, 1.165) is 0 Å². The normalized spacial score (nSPS) is 11.4. The van der Waals surface area contributed by atoms with E-state index in [4.69, 9.17) is 0 Å². The number of carbonyl (C=O) groups excluding carboxylic acids is 1. The van der Waals surface area contributed by atoms with Crippen LogP contribution in [0.2, 0.25) is 0 Å². The molecule has 2 aromatic carbocycles. The molecule has 0 saturated heterocycles. The van der Waals surface area contributed by atoms with Gasteiger partial charge in [-0.05, 0) is 49.4 Å². The maximum absolute atomic E-state index is 12.5. The van der Waals surface area contributed by atoms with Gasteiger partial charge < -0.3 is 9.72 Å². The first kappa shape index (κ1) is 16.0. The van der Waals surface area contributed by atoms with Gasteiger partial charge in [-0.25, -0.2) is 18.2 Å². The molecule has 7 nitrogen and oxygen atoms in total. The smallest absolute Gasteiger partial charge is 0.337 e. The van der Waals surface area contributed by atoms with Crippen molar-refractivity contribution in [1.82, 2.24) is 9.97 Å². The predicted molar refractivity (Wildman–Crippen MR) is 89.4 cm³/mol. The zero-order valence-electron chi connectivity index (χ0n) is 13.0. The summed E-state index contributed by atoms with van der Waals surface area (Å²) in [4.78, 5) is 18.8. The number of hydrogen-bond donors (Lipinski definition) is 2. The van der Waals surface area contributed by atoms with Crippen molar-refractivity contribution in [2.45, 2.75) is 11.8 Å². The van der Waals surface area contributed by atoms with Crippen LogP contribution in [0, 0.1) is 6.92 Å². The highest BCUT2D eigenvalue weighted by molar-refractivity contribution is 7.92. The Morgan fingerprint density at radius 1 is 1.17 bits per heavy atom. The lowest BCUT2D eigenvalue weighted by molar-refractivity contribution is 0.0601. The van der Waals surface area contributed by atoms with Crippen LogP contribution in [0.15, 0.2) is 47.4 Å². The summed E-state index contributed by atoms with van der Waals surface area (Å²) in [7, 11) is -2.46. The molecule has 24 heavy (non-hydrogen) atoms. The standard InChI is InChI=1S/C16H15N3O4S/c1-10-17-14-8-7-13(9-15(14)18-10)24(21,22)19-12-5-3-11(4-6-12)16(20)23-2/h3-9,19H,1-2H3,(H,17,18). The number of aromatic nitrogens is 2. The Bertz CT molecular complexity index is 1010. The van der Waals surface area contributed by atoms with E-state index in [9.17, 15) is 13.2 Å². The summed E-state index contributed by atoms with van der Waals surface area (Å²) in [5, 5.41) is 0. The summed E-state index contributed by atoms with van der Waals surface area (Å²) < 4.78 is 32.1. The molecule has 1 aromatic heterocycles. The molecular weight excluding hydrogens is 330 g/mol. The van der Waals surface area contributed by atoms with Crippen molar-refractivity contribution in [3.63, 3.8) is 0 Å². The molecule has 0 aliphatic carbocycles. The zero-order valence-corrected chi connectivity index (χ0v) is 13.8. The minimum atomic E-state index is -3.75. The molecule has 0 saturated carbocycles. The highest BCUT2D eigenvalue weighted by Gasteiger charge is 2.16. The number of carbonyl (C=O) groups is 1. The van der Waals surface area contributed by atoms with E-state index < -0.39 is 16.0 Å². The number of ether oxygens (including phenoxy) is 1. The van der Waals surface area contributed by atoms with Gasteiger partial charge >= 0.3 is 5.97 Å². The van der Waals surface area contributed by atoms with Crippen LogP contribution in [0.3, 0.4) is 0 Å². The van der Waals surface area contributed by atoms with Crippen molar-refractivity contribution in [3.05, 3.63) is 53.9 Å². The van der Waals surface area contributed by atoms with Crippen LogP contribution in [0.5, 0.6) is 0 Å². The van der Waals surface area contributed by atoms with Gasteiger partial charge in [0.2, 0.25) is 0 Å². The first-order valence-electron chi connectivity index (χ1n) is 7.06. The van der Waals surface area contributed by atoms with Gasteiger partial charge in [-0.3, -0.25) is 4.72 Å². The molecule has 2 N–H and O–H groups in total. The van der Waals surface area contributed by atoms with Gasteiger partial charge in [-0.15, -0.1) is 0 Å². The van der Waals surface area contributed by atoms with Gasteiger partial charge in [0.1, 0.15) is 5.82 Å². The molecule has 3 rings (SSSR count). The van der Waals surface area contributed by atoms with E-state index in [1.54, 1.807) is 13.0 Å². The topological polar surface area (TPSA) is 101 Å². The Kier molecular flexibility index (Phi) is 3.98. The van der Waals surface area contributed by atoms with Crippen LogP contribution < -0.4 is 4.72 Å². The van der Waals surface area contributed by atoms with Crippen LogP contribution in [-0.2, 0) is 14.8 Å². The molecule has 0 radical (unpaired) electrons. The number of esters is 1. The molecule has 0 amide bonds. The van der Waals surface area contributed by atoms with Crippen molar-refractivity contribution >= 4 is 32.7 Å². The van der Waals surface area contributed by atoms with E-state index in [0.29, 0.717) is 28.1 Å². The Hall–Kier alpha value is -2.87. The van der Waals surface area contributed by atoms with Crippen molar-refractivity contribution in [2.24, 2.45) is 0 Å². The molecule has 0 fully saturated rings. The molecular formula is C16H15N3O4S. The minimum absolute atomic E-state index is 0.121. The fourth-order valence-electron chi connectivity index (χ4n) is 2.29. The summed E-state index contributed by atoms with van der Waals surface area (Å²) in [5.41, 5.74) is 2.05. The van der Waals surface area contributed by atoms with E-state index in [2.05, 4.69) is 19.4 Å². The number of anilines is 1. The fraction of sp³-hybridized carbons (Fsp3) is 0.125. The summed E-state index contributed by atoms with van der Waals surface area (Å²) in [6.45, 7) is 1.80. The van der Waals surface area contributed by atoms with E-state index in [-0.39, 0.29) is 4.90 Å². The number of imidazole rings is 1. The lowest BCUT2D eigenvalue weighted by atomic mass is 10.2. The molecule has 0 bridgehead atoms. The second-order valence-electron chi connectivity index (χ2n) is 5.18. The molecule has 0 aliphatic rings. The van der Waals surface area contributed by atoms with E-state index >= 15 is 0 Å². The average molecular weight is 345 g/mol. The number of aryl methyl sites for hydroxylation is 1. The molecule has 0 spiro atoms. The molecule has 0 atom stereocenters. The molecule has 3 aromatic rings. The largest absolute Gasteiger partial charge is 0.465 e. The summed E-state index contributed by atoms with van der Waals surface area (Å²) in [6.07, 6.45) is 0. The number of nitrogens with one attached hydrogen (secondary N) is 2. The SMILES string of the molecule is COC(=O)c1ccc(NS(=O)(=O)c2ccc3nc(C)[nH]c3c2)cc1. The monoisotopic (exact) mass is 345 g/mol. The first-order chi connectivity index (χ1) is 11.4. The highest BCUT2D eigenvalue weighted by Crippen LogP contribution is 2.20. The molecule has 0 unspecified atom stereocenters. The second kappa shape index (κ2) is 5.97. The Labute approximate surface area is 138 Å². The first-order valence-corrected chi connectivity index (χ1v) is 8.55. The van der Waals surface area contributed by atoms with Crippen LogP contribution in [0.25, 0.3) is 11.0 Å². The summed E-state index contributed by atoms with van der Waals surface area (Å²) in [6, 6.07) is 10.7. The Balaban J connectivity index is 1.88. The van der Waals surface area contributed by atoms with Crippen LogP contribution in [-0.4, -0.2) is 31.5 Å². The zero-order chi connectivity index (χ0) is 17.3. The third-order valence-corrected chi connectivity index (χ3v) is 4.82. The van der Waals surface area contributed by atoms with Gasteiger partial charge in [0.25, 0.3) is 10.0 Å². The molecule has 124 valence electrons. The van der Waals surface area contributed by atoms with E-state index in [1.165, 1.54) is 43.5 Å². The third-order valence-electron chi connectivity index (χ3n) is 3.44. The number of H-pyrrole nitrogens is 1. The van der Waals surface area contributed by atoms with Crippen molar-refractivity contribution in [3.8, 4) is 0 Å². The number of benzene rings is 2. The Morgan fingerprint density at radius 3 is 2.54 bits per heavy atom. The Morgan fingerprint density at radius 2 is 1.88 bits per heavy atom. The van der Waals surface area contributed by atoms with Gasteiger partial charge in [-0.2, -0.15) is 0 Å². The number of sulfonamides is 1. The minimum Gasteiger partial charge on any atom is -0.465 e. The lowest BCUT2D eigenvalue weighted by Gasteiger charge is -2.08. The van der Waals surface area contributed by atoms with Gasteiger partial charge in [0.15, 0.2) is 0 Å². The summed E-state index contributed by atoms with van der Waals surface area (Å²) >= 11 is 0. The predicted octanol–water partition coefficient (Wildman–Crippen LogP) is 2.46. The van der Waals surface area contributed by atoms with Crippen molar-refractivity contribution in [2.75, 3.05) is 11.8 Å².